The van der Waals surface area contributed by atoms with Crippen molar-refractivity contribution in [3.8, 4) is 0 Å². The van der Waals surface area contributed by atoms with Crippen LogP contribution in [0.3, 0.4) is 0 Å². The molecule has 0 fully saturated rings. The van der Waals surface area contributed by atoms with Gasteiger partial charge in [0, 0.05) is 28.4 Å². The molecule has 0 aliphatic heterocycles. The monoisotopic (exact) mass is 297 g/mol. The topological polar surface area (TPSA) is 66.5 Å². The van der Waals surface area contributed by atoms with E-state index in [9.17, 15) is 0 Å². The predicted molar refractivity (Wildman–Crippen MR) is 83.9 cm³/mol. The van der Waals surface area contributed by atoms with Crippen molar-refractivity contribution < 1.29 is 0 Å². The van der Waals surface area contributed by atoms with Gasteiger partial charge in [0.2, 0.25) is 0 Å². The van der Waals surface area contributed by atoms with Crippen LogP contribution in [0.4, 0.5) is 11.6 Å². The number of nitrogens with zero attached hydrogens (tertiary/aromatic N) is 3. The summed E-state index contributed by atoms with van der Waals surface area (Å²) in [4.78, 5) is 10.1. The zero-order chi connectivity index (χ0) is 14.7. The van der Waals surface area contributed by atoms with Gasteiger partial charge in [0.05, 0.1) is 0 Å². The number of hydrogen-bond acceptors (Lipinski definition) is 5. The molecule has 1 aromatic carbocycles. The van der Waals surface area contributed by atoms with E-state index < -0.39 is 0 Å². The summed E-state index contributed by atoms with van der Waals surface area (Å²) in [6.45, 7) is 3.91. The highest BCUT2D eigenvalue weighted by molar-refractivity contribution is 7.99. The van der Waals surface area contributed by atoms with Crippen molar-refractivity contribution in [2.45, 2.75) is 23.9 Å². The minimum Gasteiger partial charge on any atom is -0.323 e. The average molecular weight is 297 g/mol. The van der Waals surface area contributed by atoms with Crippen LogP contribution in [-0.2, 0) is 0 Å². The Morgan fingerprint density at radius 3 is 2.52 bits per heavy atom. The normalized spacial score (nSPS) is 10.6. The van der Waals surface area contributed by atoms with Gasteiger partial charge < -0.3 is 5.32 Å². The maximum absolute atomic E-state index is 4.52. The highest BCUT2D eigenvalue weighted by Gasteiger charge is 2.06. The molecule has 0 radical (unpaired) electrons. The summed E-state index contributed by atoms with van der Waals surface area (Å²) in [5.74, 6) is 1.49. The van der Waals surface area contributed by atoms with Crippen molar-refractivity contribution >= 4 is 23.4 Å². The molecule has 106 valence electrons. The lowest BCUT2D eigenvalue weighted by Crippen LogP contribution is -1.98. The molecule has 6 heteroatoms. The second kappa shape index (κ2) is 5.97. The summed E-state index contributed by atoms with van der Waals surface area (Å²) >= 11 is 1.54. The van der Waals surface area contributed by atoms with E-state index in [0.29, 0.717) is 0 Å². The third-order valence-corrected chi connectivity index (χ3v) is 3.62. The molecule has 0 aliphatic carbocycles. The van der Waals surface area contributed by atoms with Crippen LogP contribution in [0.2, 0.25) is 0 Å². The Bertz CT molecular complexity index is 739. The molecule has 3 aromatic rings. The van der Waals surface area contributed by atoms with E-state index in [0.717, 1.165) is 33.1 Å². The molecule has 3 rings (SSSR count). The van der Waals surface area contributed by atoms with E-state index in [2.05, 4.69) is 25.5 Å². The smallest absolute Gasteiger partial charge is 0.194 e. The Hall–Kier alpha value is -2.34. The number of hydrogen-bond donors (Lipinski definition) is 2. The first-order valence-electron chi connectivity index (χ1n) is 6.57. The molecule has 0 unspecified atom stereocenters. The molecule has 0 spiro atoms. The van der Waals surface area contributed by atoms with E-state index in [1.54, 1.807) is 11.8 Å². The van der Waals surface area contributed by atoms with Crippen LogP contribution in [0.1, 0.15) is 11.4 Å². The highest BCUT2D eigenvalue weighted by atomic mass is 32.2. The molecule has 0 aliphatic rings. The van der Waals surface area contributed by atoms with Gasteiger partial charge in [0.15, 0.2) is 11.0 Å². The third kappa shape index (κ3) is 3.61. The fourth-order valence-corrected chi connectivity index (χ4v) is 2.70. The van der Waals surface area contributed by atoms with Gasteiger partial charge in [-0.1, -0.05) is 18.2 Å². The van der Waals surface area contributed by atoms with E-state index >= 15 is 0 Å². The molecular weight excluding hydrogens is 282 g/mol. The largest absolute Gasteiger partial charge is 0.323 e. The fraction of sp³-hybridized carbons (Fsp3) is 0.133. The van der Waals surface area contributed by atoms with Crippen molar-refractivity contribution in [3.63, 3.8) is 0 Å². The van der Waals surface area contributed by atoms with Crippen molar-refractivity contribution in [2.24, 2.45) is 0 Å². The van der Waals surface area contributed by atoms with Gasteiger partial charge in [-0.2, -0.15) is 5.10 Å². The van der Waals surface area contributed by atoms with E-state index in [4.69, 9.17) is 0 Å². The molecule has 0 bridgehead atoms. The van der Waals surface area contributed by atoms with Gasteiger partial charge in [-0.25, -0.2) is 9.97 Å². The third-order valence-electron chi connectivity index (χ3n) is 2.75. The molecule has 5 nitrogen and oxygen atoms in total. The highest BCUT2D eigenvalue weighted by Crippen LogP contribution is 2.26. The van der Waals surface area contributed by atoms with Gasteiger partial charge in [-0.3, -0.25) is 5.10 Å². The maximum Gasteiger partial charge on any atom is 0.194 e. The number of anilines is 2. The average Bonchev–Trinajstić information content (AvgIpc) is 2.84. The summed E-state index contributed by atoms with van der Waals surface area (Å²) in [6.07, 6.45) is 0. The summed E-state index contributed by atoms with van der Waals surface area (Å²) in [5, 5.41) is 11.0. The lowest BCUT2D eigenvalue weighted by molar-refractivity contribution is 0.935. The number of H-pyrrole nitrogens is 1. The molecule has 0 saturated carbocycles. The van der Waals surface area contributed by atoms with Crippen LogP contribution in [0.25, 0.3) is 0 Å². The Balaban J connectivity index is 1.82. The number of aromatic amines is 1. The first-order valence-corrected chi connectivity index (χ1v) is 7.38. The Labute approximate surface area is 127 Å². The van der Waals surface area contributed by atoms with E-state index in [1.165, 1.54) is 0 Å². The van der Waals surface area contributed by atoms with Gasteiger partial charge in [-0.15, -0.1) is 0 Å². The summed E-state index contributed by atoms with van der Waals surface area (Å²) < 4.78 is 0. The molecule has 2 aromatic heterocycles. The van der Waals surface area contributed by atoms with Gasteiger partial charge in [-0.05, 0) is 37.7 Å². The van der Waals surface area contributed by atoms with E-state index in [1.807, 2.05) is 56.3 Å². The van der Waals surface area contributed by atoms with Crippen molar-refractivity contribution in [1.29, 1.82) is 0 Å². The van der Waals surface area contributed by atoms with E-state index in [-0.39, 0.29) is 0 Å². The summed E-state index contributed by atoms with van der Waals surface area (Å²) in [5.41, 5.74) is 1.92. The quantitative estimate of drug-likeness (QED) is 0.719. The Kier molecular flexibility index (Phi) is 3.87. The second-order valence-electron chi connectivity index (χ2n) is 4.65. The standard InChI is InChI=1S/C15H15N5S/c1-10-8-13(17-14-9-11(2)19-20-14)18-15(16-10)21-12-6-4-3-5-7-12/h3-9H,1-2H3,(H2,16,17,18,19,20). The molecule has 0 atom stereocenters. The summed E-state index contributed by atoms with van der Waals surface area (Å²) in [6, 6.07) is 13.9. The minimum atomic E-state index is 0.718. The first-order chi connectivity index (χ1) is 10.2. The number of aryl methyl sites for hydroxylation is 2. The van der Waals surface area contributed by atoms with Gasteiger partial charge in [0.25, 0.3) is 0 Å². The zero-order valence-corrected chi connectivity index (χ0v) is 12.6. The number of benzene rings is 1. The fourth-order valence-electron chi connectivity index (χ4n) is 1.86. The molecule has 2 heterocycles. The van der Waals surface area contributed by atoms with Crippen LogP contribution in [0.15, 0.2) is 52.5 Å². The molecule has 2 N–H and O–H groups in total. The summed E-state index contributed by atoms with van der Waals surface area (Å²) in [7, 11) is 0. The van der Waals surface area contributed by atoms with Gasteiger partial charge in [0.1, 0.15) is 5.82 Å². The zero-order valence-electron chi connectivity index (χ0n) is 11.8. The van der Waals surface area contributed by atoms with Crippen LogP contribution in [0.5, 0.6) is 0 Å². The molecule has 0 amide bonds. The number of nitrogens with one attached hydrogen (secondary N) is 2. The Morgan fingerprint density at radius 2 is 1.81 bits per heavy atom. The molecular formula is C15H15N5S. The minimum absolute atomic E-state index is 0.718. The van der Waals surface area contributed by atoms with Crippen LogP contribution in [0, 0.1) is 13.8 Å². The molecule has 21 heavy (non-hydrogen) atoms. The SMILES string of the molecule is Cc1cc(Nc2cc(C)[nH]n2)nc(Sc2ccccc2)n1. The number of rotatable bonds is 4. The second-order valence-corrected chi connectivity index (χ2v) is 5.69. The first kappa shape index (κ1) is 13.6. The molecule has 0 saturated heterocycles. The van der Waals surface area contributed by atoms with Crippen molar-refractivity contribution in [3.05, 3.63) is 53.9 Å². The predicted octanol–water partition coefficient (Wildman–Crippen LogP) is 3.71. The van der Waals surface area contributed by atoms with Crippen molar-refractivity contribution in [2.75, 3.05) is 5.32 Å². The Morgan fingerprint density at radius 1 is 1.00 bits per heavy atom. The number of aromatic nitrogens is 4. The van der Waals surface area contributed by atoms with Crippen LogP contribution >= 0.6 is 11.8 Å². The lowest BCUT2D eigenvalue weighted by atomic mass is 10.4. The lowest BCUT2D eigenvalue weighted by Gasteiger charge is -2.06. The van der Waals surface area contributed by atoms with Crippen LogP contribution in [-0.4, -0.2) is 20.2 Å². The maximum atomic E-state index is 4.52. The van der Waals surface area contributed by atoms with Crippen LogP contribution < -0.4 is 5.32 Å². The van der Waals surface area contributed by atoms with Gasteiger partial charge >= 0.3 is 0 Å². The van der Waals surface area contributed by atoms with Crippen molar-refractivity contribution in [1.82, 2.24) is 20.2 Å².